The van der Waals surface area contributed by atoms with Crippen LogP contribution in [0.25, 0.3) is 0 Å². The quantitative estimate of drug-likeness (QED) is 0.0600. The summed E-state index contributed by atoms with van der Waals surface area (Å²) in [4.78, 5) is 15.2. The van der Waals surface area contributed by atoms with E-state index >= 15 is 4.79 Å². The summed E-state index contributed by atoms with van der Waals surface area (Å²) in [5.41, 5.74) is -1.12. The number of esters is 1. The molecule has 5 heterocycles. The summed E-state index contributed by atoms with van der Waals surface area (Å²) >= 11 is 0. The molecule has 9 fully saturated rings. The minimum Gasteiger partial charge on any atom is -0.432 e. The lowest BCUT2D eigenvalue weighted by atomic mass is 9.33. The first kappa shape index (κ1) is 65.2. The molecule has 5 aliphatic heterocycles. The molecular weight excluding hydrogens is 1110 g/mol. The largest absolute Gasteiger partial charge is 0.432 e. The van der Waals surface area contributed by atoms with E-state index in [0.717, 1.165) is 25.7 Å². The monoisotopic (exact) mass is 1200 g/mol. The summed E-state index contributed by atoms with van der Waals surface area (Å²) in [6.07, 6.45) is -27.9. The highest BCUT2D eigenvalue weighted by Crippen LogP contribution is 2.76. The van der Waals surface area contributed by atoms with Crippen molar-refractivity contribution in [3.8, 4) is 0 Å². The fraction of sp³-hybridized carbons (Fsp3) is 0.949. The average molecular weight is 1210 g/mol. The van der Waals surface area contributed by atoms with Gasteiger partial charge in [0.05, 0.1) is 43.5 Å². The van der Waals surface area contributed by atoms with Crippen molar-refractivity contribution in [1.82, 2.24) is 0 Å². The smallest absolute Gasteiger partial charge is 0.315 e. The highest BCUT2D eigenvalue weighted by molar-refractivity contribution is 5.79. The Labute approximate surface area is 490 Å². The Hall–Kier alpha value is -1.71. The second kappa shape index (κ2) is 23.8. The van der Waals surface area contributed by atoms with Crippen LogP contribution in [0.15, 0.2) is 11.6 Å². The van der Waals surface area contributed by atoms with Gasteiger partial charge in [-0.15, -0.1) is 0 Å². The van der Waals surface area contributed by atoms with E-state index in [2.05, 4.69) is 54.5 Å². The van der Waals surface area contributed by atoms with E-state index in [9.17, 15) is 71.5 Å². The van der Waals surface area contributed by atoms with Crippen molar-refractivity contribution in [3.05, 3.63) is 11.6 Å². The number of hydrogen-bond donors (Lipinski definition) is 14. The molecule has 84 heavy (non-hydrogen) atoms. The molecule has 482 valence electrons. The SMILES string of the molecule is C[C@@H]1O[C@@H](O[C@H]2[C@H](O[C@H]3CC[C@]4(C)[C@H]5CC=C6[C@@H]7CC(C)(C)CC[C@]7(C(=O)O[C@@H]7O[C@H](CO[C@@H]8O[C@H](CO)[C@@H](O[C@@H]9O[C@@H](C)[C@H](O)[C@@H](O)[C@H]9O)[C@H](O)[C@H]8O)[C@@H](O)[C@H](O)[C@H]7O)CC[C@]6(C)[C@]5(C)CC[C@H]4C3(C)C)OC[C@@H](O)[C@H]2O)[C@H](O)[C@H](O)[C@H]1O. The first-order valence-corrected chi connectivity index (χ1v) is 30.5. The van der Waals surface area contributed by atoms with Crippen LogP contribution in [-0.2, 0) is 52.2 Å². The van der Waals surface area contributed by atoms with Crippen molar-refractivity contribution < 1.29 is 124 Å². The molecule has 0 unspecified atom stereocenters. The zero-order chi connectivity index (χ0) is 61.3. The van der Waals surface area contributed by atoms with Crippen molar-refractivity contribution in [2.75, 3.05) is 19.8 Å². The zero-order valence-electron chi connectivity index (χ0n) is 49.7. The predicted molar refractivity (Wildman–Crippen MR) is 287 cm³/mol. The molecule has 5 aliphatic carbocycles. The van der Waals surface area contributed by atoms with E-state index < -0.39 is 177 Å². The summed E-state index contributed by atoms with van der Waals surface area (Å²) in [5.74, 6) is -0.449. The Morgan fingerprint density at radius 3 is 1.76 bits per heavy atom. The van der Waals surface area contributed by atoms with Gasteiger partial charge in [-0.05, 0) is 123 Å². The minimum absolute atomic E-state index is 0.150. The third kappa shape index (κ3) is 10.9. The van der Waals surface area contributed by atoms with E-state index in [4.69, 9.17) is 47.4 Å². The molecule has 0 radical (unpaired) electrons. The molecular formula is C59H96O25. The van der Waals surface area contributed by atoms with E-state index in [0.29, 0.717) is 38.5 Å². The normalized spacial score (nSPS) is 54.6. The van der Waals surface area contributed by atoms with Gasteiger partial charge in [-0.2, -0.15) is 0 Å². The lowest BCUT2D eigenvalue weighted by Crippen LogP contribution is -2.66. The van der Waals surface area contributed by atoms with Crippen LogP contribution in [0, 0.1) is 50.2 Å². The molecule has 32 atom stereocenters. The van der Waals surface area contributed by atoms with Gasteiger partial charge in [0.1, 0.15) is 104 Å². The zero-order valence-corrected chi connectivity index (χ0v) is 49.7. The summed E-state index contributed by atoms with van der Waals surface area (Å²) in [6, 6.07) is 0. The number of aliphatic hydroxyl groups excluding tert-OH is 14. The number of rotatable bonds is 12. The molecule has 25 heteroatoms. The average Bonchev–Trinajstić information content (AvgIpc) is 0.705. The number of fused-ring (bicyclic) bond motifs is 7. The number of carbonyl (C=O) groups excluding carboxylic acids is 1. The lowest BCUT2D eigenvalue weighted by Gasteiger charge is -2.71. The van der Waals surface area contributed by atoms with Crippen molar-refractivity contribution in [2.45, 2.75) is 280 Å². The second-order valence-corrected chi connectivity index (χ2v) is 28.6. The predicted octanol–water partition coefficient (Wildman–Crippen LogP) is -1.52. The van der Waals surface area contributed by atoms with E-state index in [-0.39, 0.29) is 52.1 Å². The Morgan fingerprint density at radius 2 is 1.13 bits per heavy atom. The first-order valence-electron chi connectivity index (χ1n) is 30.5. The number of carbonyl (C=O) groups is 1. The molecule has 10 rings (SSSR count). The molecule has 25 nitrogen and oxygen atoms in total. The fourth-order valence-corrected chi connectivity index (χ4v) is 17.5. The van der Waals surface area contributed by atoms with Gasteiger partial charge >= 0.3 is 5.97 Å². The topological polar surface area (TPSA) is 393 Å². The van der Waals surface area contributed by atoms with Gasteiger partial charge in [0.25, 0.3) is 0 Å². The number of hydrogen-bond acceptors (Lipinski definition) is 25. The summed E-state index contributed by atoms with van der Waals surface area (Å²) in [7, 11) is 0. The highest BCUT2D eigenvalue weighted by Gasteiger charge is 2.70. The number of allylic oxidation sites excluding steroid dienone is 2. The van der Waals surface area contributed by atoms with Crippen LogP contribution in [-0.4, -0.2) is 251 Å². The second-order valence-electron chi connectivity index (χ2n) is 28.6. The van der Waals surface area contributed by atoms with E-state index in [1.54, 1.807) is 0 Å². The van der Waals surface area contributed by atoms with Crippen molar-refractivity contribution in [2.24, 2.45) is 50.2 Å². The minimum atomic E-state index is -1.88. The van der Waals surface area contributed by atoms with Crippen LogP contribution in [0.4, 0.5) is 0 Å². The van der Waals surface area contributed by atoms with Crippen LogP contribution in [0.5, 0.6) is 0 Å². The Bertz CT molecular complexity index is 2340. The molecule has 5 saturated heterocycles. The maximum atomic E-state index is 15.2. The van der Waals surface area contributed by atoms with E-state index in [1.165, 1.54) is 19.4 Å². The molecule has 0 aromatic carbocycles. The Morgan fingerprint density at radius 1 is 0.560 bits per heavy atom. The highest BCUT2D eigenvalue weighted by atomic mass is 16.8. The summed E-state index contributed by atoms with van der Waals surface area (Å²) in [6.45, 7) is 17.3. The van der Waals surface area contributed by atoms with Gasteiger partial charge in [-0.1, -0.05) is 60.1 Å². The Balaban J connectivity index is 0.824. The summed E-state index contributed by atoms with van der Waals surface area (Å²) in [5, 5.41) is 151. The molecule has 4 saturated carbocycles. The third-order valence-electron chi connectivity index (χ3n) is 23.0. The van der Waals surface area contributed by atoms with Crippen LogP contribution in [0.2, 0.25) is 0 Å². The third-order valence-corrected chi connectivity index (χ3v) is 23.0. The van der Waals surface area contributed by atoms with E-state index in [1.807, 2.05) is 0 Å². The first-order chi connectivity index (χ1) is 39.3. The molecule has 0 aromatic rings. The Kier molecular flexibility index (Phi) is 18.5. The van der Waals surface area contributed by atoms with Gasteiger partial charge in [0, 0.05) is 0 Å². The van der Waals surface area contributed by atoms with Crippen molar-refractivity contribution in [3.63, 3.8) is 0 Å². The van der Waals surface area contributed by atoms with Crippen molar-refractivity contribution >= 4 is 5.97 Å². The molecule has 0 amide bonds. The summed E-state index contributed by atoms with van der Waals surface area (Å²) < 4.78 is 59.6. The lowest BCUT2D eigenvalue weighted by molar-refractivity contribution is -0.364. The number of aliphatic hydroxyl groups is 14. The molecule has 0 spiro atoms. The van der Waals surface area contributed by atoms with Gasteiger partial charge in [-0.25, -0.2) is 0 Å². The van der Waals surface area contributed by atoms with Crippen molar-refractivity contribution in [1.29, 1.82) is 0 Å². The van der Waals surface area contributed by atoms with Crippen LogP contribution in [0.3, 0.4) is 0 Å². The van der Waals surface area contributed by atoms with Gasteiger partial charge in [0.15, 0.2) is 25.2 Å². The molecule has 10 aliphatic rings. The van der Waals surface area contributed by atoms with Gasteiger partial charge < -0.3 is 119 Å². The maximum absolute atomic E-state index is 15.2. The fourth-order valence-electron chi connectivity index (χ4n) is 17.5. The molecule has 0 bridgehead atoms. The van der Waals surface area contributed by atoms with Crippen LogP contribution in [0.1, 0.15) is 127 Å². The number of ether oxygens (including phenoxy) is 10. The maximum Gasteiger partial charge on any atom is 0.315 e. The standard InChI is InChI=1S/C59H96O25/c1-24-34(62)38(66)42(70)49(77-24)82-46-29(21-60)79-48(45(73)41(46)69)76-23-30-37(65)40(68)44(72)51(80-30)84-53(74)59-18-16-54(3,4)20-27(59)26-10-11-32-56(7)14-13-33(55(5,6)31(56)12-15-58(32,9)57(26,8)17-19-59)81-52-47(36(64)28(61)22-75-52)83-50-43(71)39(67)35(63)25(2)78-50/h10,24-25,27-52,60-73H,11-23H2,1-9H3/t24-,25-,27-,28+,29+,30+,31-,32+,33-,34-,35-,36+,37+,38+,39+,40-,41+,42+,43+,44+,45+,46+,47+,48+,49-,50-,51-,52-,56-,57-,58+,59-/m0/s1. The molecule has 14 N–H and O–H groups in total. The van der Waals surface area contributed by atoms with Gasteiger partial charge in [-0.3, -0.25) is 4.79 Å². The molecule has 0 aromatic heterocycles. The van der Waals surface area contributed by atoms with Gasteiger partial charge in [0.2, 0.25) is 6.29 Å². The van der Waals surface area contributed by atoms with Crippen LogP contribution < -0.4 is 0 Å². The van der Waals surface area contributed by atoms with Crippen LogP contribution >= 0.6 is 0 Å².